The maximum atomic E-state index is 12.7. The second-order valence-corrected chi connectivity index (χ2v) is 6.17. The van der Waals surface area contributed by atoms with Crippen LogP contribution in [0.25, 0.3) is 0 Å². The van der Waals surface area contributed by atoms with Gasteiger partial charge in [-0.05, 0) is 24.3 Å². The van der Waals surface area contributed by atoms with E-state index < -0.39 is 0 Å². The first-order valence-corrected chi connectivity index (χ1v) is 7.80. The fourth-order valence-corrected chi connectivity index (χ4v) is 3.64. The van der Waals surface area contributed by atoms with E-state index in [9.17, 15) is 4.79 Å². The second kappa shape index (κ2) is 5.54. The number of aromatic nitrogens is 1. The van der Waals surface area contributed by atoms with Gasteiger partial charge in [-0.25, -0.2) is 0 Å². The first-order valence-electron chi connectivity index (χ1n) is 7.80. The summed E-state index contributed by atoms with van der Waals surface area (Å²) >= 11 is 0. The molecule has 0 radical (unpaired) electrons. The maximum absolute atomic E-state index is 12.7. The van der Waals surface area contributed by atoms with Crippen LogP contribution in [0.15, 0.2) is 54.7 Å². The van der Waals surface area contributed by atoms with E-state index in [1.54, 1.807) is 0 Å². The molecule has 4 rings (SSSR count). The molecule has 22 heavy (non-hydrogen) atoms. The first kappa shape index (κ1) is 13.5. The van der Waals surface area contributed by atoms with Gasteiger partial charge < -0.3 is 4.90 Å². The van der Waals surface area contributed by atoms with E-state index in [2.05, 4.69) is 9.88 Å². The summed E-state index contributed by atoms with van der Waals surface area (Å²) in [6, 6.07) is 16.0. The first-order chi connectivity index (χ1) is 10.8. The van der Waals surface area contributed by atoms with Crippen LogP contribution in [0.4, 0.5) is 5.69 Å². The molecule has 2 saturated heterocycles. The van der Waals surface area contributed by atoms with Gasteiger partial charge in [-0.3, -0.25) is 14.7 Å². The minimum Gasteiger partial charge on any atom is -0.312 e. The predicted molar refractivity (Wildman–Crippen MR) is 85.3 cm³/mol. The zero-order valence-electron chi connectivity index (χ0n) is 12.4. The average molecular weight is 293 g/mol. The molecule has 1 aromatic heterocycles. The van der Waals surface area contributed by atoms with E-state index in [4.69, 9.17) is 0 Å². The lowest BCUT2D eigenvalue weighted by Gasteiger charge is -2.21. The highest BCUT2D eigenvalue weighted by atomic mass is 16.2. The number of amides is 1. The highest BCUT2D eigenvalue weighted by Crippen LogP contribution is 2.35. The minimum atomic E-state index is 0.143. The Bertz CT molecular complexity index is 659. The van der Waals surface area contributed by atoms with Crippen LogP contribution in [0.2, 0.25) is 0 Å². The molecule has 0 bridgehead atoms. The monoisotopic (exact) mass is 293 g/mol. The van der Waals surface area contributed by atoms with Crippen LogP contribution in [0.5, 0.6) is 0 Å². The van der Waals surface area contributed by atoms with E-state index >= 15 is 0 Å². The van der Waals surface area contributed by atoms with E-state index in [1.165, 1.54) is 0 Å². The molecule has 2 atom stereocenters. The lowest BCUT2D eigenvalue weighted by Crippen LogP contribution is -2.32. The number of anilines is 1. The fraction of sp³-hybridized carbons (Fsp3) is 0.333. The number of benzene rings is 1. The van der Waals surface area contributed by atoms with Crippen LogP contribution in [-0.4, -0.2) is 35.4 Å². The third kappa shape index (κ3) is 2.40. The van der Waals surface area contributed by atoms with Gasteiger partial charge in [0.25, 0.3) is 0 Å². The molecular formula is C18H19N3O. The van der Waals surface area contributed by atoms with Crippen molar-refractivity contribution in [2.45, 2.75) is 6.54 Å². The van der Waals surface area contributed by atoms with Gasteiger partial charge in [0.2, 0.25) is 5.91 Å². The number of para-hydroxylation sites is 1. The standard InChI is InChI=1S/C18H19N3O/c22-18-17-13-20(12-15-6-4-5-9-19-15)10-14(17)11-21(18)16-7-2-1-3-8-16/h1-9,14,17H,10-13H2/t14-,17+/m1/s1. The second-order valence-electron chi connectivity index (χ2n) is 6.17. The number of rotatable bonds is 3. The Morgan fingerprint density at radius 3 is 2.55 bits per heavy atom. The van der Waals surface area contributed by atoms with Gasteiger partial charge in [0.15, 0.2) is 0 Å². The Labute approximate surface area is 130 Å². The Morgan fingerprint density at radius 2 is 1.82 bits per heavy atom. The minimum absolute atomic E-state index is 0.143. The van der Waals surface area contributed by atoms with Gasteiger partial charge in [-0.2, -0.15) is 0 Å². The highest BCUT2D eigenvalue weighted by molar-refractivity contribution is 5.98. The maximum Gasteiger partial charge on any atom is 0.231 e. The number of hydrogen-bond donors (Lipinski definition) is 0. The van der Waals surface area contributed by atoms with E-state index in [0.717, 1.165) is 37.6 Å². The zero-order valence-corrected chi connectivity index (χ0v) is 12.4. The van der Waals surface area contributed by atoms with Gasteiger partial charge in [-0.15, -0.1) is 0 Å². The molecule has 0 unspecified atom stereocenters. The Morgan fingerprint density at radius 1 is 1.00 bits per heavy atom. The largest absolute Gasteiger partial charge is 0.312 e. The summed E-state index contributed by atoms with van der Waals surface area (Å²) in [5, 5.41) is 0. The summed E-state index contributed by atoms with van der Waals surface area (Å²) in [5.74, 6) is 0.861. The summed E-state index contributed by atoms with van der Waals surface area (Å²) in [6.45, 7) is 3.51. The highest BCUT2D eigenvalue weighted by Gasteiger charge is 2.46. The Kier molecular flexibility index (Phi) is 3.39. The molecule has 0 aliphatic carbocycles. The molecule has 3 heterocycles. The number of carbonyl (C=O) groups excluding carboxylic acids is 1. The van der Waals surface area contributed by atoms with Gasteiger partial charge >= 0.3 is 0 Å². The van der Waals surface area contributed by atoms with Crippen LogP contribution in [0.3, 0.4) is 0 Å². The average Bonchev–Trinajstić information content (AvgIpc) is 3.08. The molecule has 112 valence electrons. The van der Waals surface area contributed by atoms with Crippen LogP contribution in [-0.2, 0) is 11.3 Å². The van der Waals surface area contributed by atoms with Crippen molar-refractivity contribution in [3.8, 4) is 0 Å². The number of likely N-dealkylation sites (tertiary alicyclic amines) is 1. The van der Waals surface area contributed by atoms with Crippen molar-refractivity contribution in [3.05, 3.63) is 60.4 Å². The molecule has 2 aliphatic heterocycles. The van der Waals surface area contributed by atoms with Crippen molar-refractivity contribution in [2.75, 3.05) is 24.5 Å². The Balaban J connectivity index is 1.44. The molecule has 2 fully saturated rings. The quantitative estimate of drug-likeness (QED) is 0.870. The third-order valence-corrected chi connectivity index (χ3v) is 4.70. The van der Waals surface area contributed by atoms with E-state index in [-0.39, 0.29) is 11.8 Å². The molecule has 0 spiro atoms. The summed E-state index contributed by atoms with van der Waals surface area (Å²) in [4.78, 5) is 21.4. The van der Waals surface area contributed by atoms with Crippen molar-refractivity contribution >= 4 is 11.6 Å². The number of nitrogens with zero attached hydrogens (tertiary/aromatic N) is 3. The van der Waals surface area contributed by atoms with Crippen molar-refractivity contribution in [2.24, 2.45) is 11.8 Å². The number of carbonyl (C=O) groups is 1. The molecule has 2 aliphatic rings. The smallest absolute Gasteiger partial charge is 0.231 e. The normalized spacial score (nSPS) is 24.7. The number of hydrogen-bond acceptors (Lipinski definition) is 3. The van der Waals surface area contributed by atoms with Crippen molar-refractivity contribution in [3.63, 3.8) is 0 Å². The molecular weight excluding hydrogens is 274 g/mol. The van der Waals surface area contributed by atoms with Gasteiger partial charge in [0, 0.05) is 44.0 Å². The van der Waals surface area contributed by atoms with Crippen molar-refractivity contribution < 1.29 is 4.79 Å². The summed E-state index contributed by atoms with van der Waals surface area (Å²) < 4.78 is 0. The number of pyridine rings is 1. The van der Waals surface area contributed by atoms with Crippen LogP contribution < -0.4 is 4.90 Å². The fourth-order valence-electron chi connectivity index (χ4n) is 3.64. The van der Waals surface area contributed by atoms with Crippen molar-refractivity contribution in [1.82, 2.24) is 9.88 Å². The van der Waals surface area contributed by atoms with Crippen molar-refractivity contribution in [1.29, 1.82) is 0 Å². The SMILES string of the molecule is O=C1[C@H]2CN(Cc3ccccn3)C[C@@H]2CN1c1ccccc1. The zero-order chi connectivity index (χ0) is 14.9. The van der Waals surface area contributed by atoms with E-state index in [0.29, 0.717) is 5.92 Å². The van der Waals surface area contributed by atoms with Gasteiger partial charge in [-0.1, -0.05) is 24.3 Å². The van der Waals surface area contributed by atoms with Gasteiger partial charge in [0.1, 0.15) is 0 Å². The van der Waals surface area contributed by atoms with Crippen LogP contribution >= 0.6 is 0 Å². The molecule has 1 amide bonds. The van der Waals surface area contributed by atoms with Crippen LogP contribution in [0.1, 0.15) is 5.69 Å². The summed E-state index contributed by atoms with van der Waals surface area (Å²) in [5.41, 5.74) is 2.10. The van der Waals surface area contributed by atoms with Gasteiger partial charge in [0.05, 0.1) is 11.6 Å². The summed E-state index contributed by atoms with van der Waals surface area (Å²) in [7, 11) is 0. The topological polar surface area (TPSA) is 36.4 Å². The molecule has 0 saturated carbocycles. The molecule has 1 aromatic carbocycles. The third-order valence-electron chi connectivity index (χ3n) is 4.70. The Hall–Kier alpha value is -2.20. The predicted octanol–water partition coefficient (Wildman–Crippen LogP) is 2.18. The molecule has 2 aromatic rings. The van der Waals surface area contributed by atoms with Crippen LogP contribution in [0, 0.1) is 11.8 Å². The lowest BCUT2D eigenvalue weighted by atomic mass is 10.0. The molecule has 0 N–H and O–H groups in total. The number of fused-ring (bicyclic) bond motifs is 1. The lowest BCUT2D eigenvalue weighted by molar-refractivity contribution is -0.120. The molecule has 4 heteroatoms. The van der Waals surface area contributed by atoms with E-state index in [1.807, 2.05) is 59.6 Å². The molecule has 4 nitrogen and oxygen atoms in total. The summed E-state index contributed by atoms with van der Waals surface area (Å²) in [6.07, 6.45) is 1.83.